The molecule has 1 aliphatic heterocycles. The fourth-order valence-electron chi connectivity index (χ4n) is 3.54. The van der Waals surface area contributed by atoms with Crippen molar-refractivity contribution >= 4 is 41.5 Å². The van der Waals surface area contributed by atoms with Gasteiger partial charge in [-0.15, -0.1) is 12.4 Å². The van der Waals surface area contributed by atoms with E-state index < -0.39 is 0 Å². The Morgan fingerprint density at radius 1 is 1.24 bits per heavy atom. The van der Waals surface area contributed by atoms with Crippen molar-refractivity contribution in [3.8, 4) is 0 Å². The third kappa shape index (κ3) is 4.19. The molecule has 0 bridgehead atoms. The van der Waals surface area contributed by atoms with E-state index in [4.69, 9.17) is 5.73 Å². The average molecular weight is 366 g/mol. The molecule has 1 saturated carbocycles. The molecule has 3 rings (SSSR count). The smallest absolute Gasteiger partial charge is 0.234 e. The van der Waals surface area contributed by atoms with Crippen molar-refractivity contribution in [3.05, 3.63) is 23.8 Å². The lowest BCUT2D eigenvalue weighted by molar-refractivity contribution is -0.121. The number of carbonyl (C=O) groups excluding carboxylic acids is 3. The number of nitrogens with two attached hydrogens (primary N) is 1. The van der Waals surface area contributed by atoms with Crippen LogP contribution in [0.2, 0.25) is 0 Å². The number of nitrogens with zero attached hydrogens (tertiary/aromatic N) is 1. The summed E-state index contributed by atoms with van der Waals surface area (Å²) in [4.78, 5) is 37.3. The molecule has 25 heavy (non-hydrogen) atoms. The Labute approximate surface area is 153 Å². The molecule has 0 radical (unpaired) electrons. The number of amides is 3. The number of rotatable bonds is 4. The van der Waals surface area contributed by atoms with Gasteiger partial charge in [0.15, 0.2) is 0 Å². The number of hydrogen-bond acceptors (Lipinski definition) is 4. The molecule has 2 fully saturated rings. The summed E-state index contributed by atoms with van der Waals surface area (Å²) in [5.74, 6) is -0.227. The highest BCUT2D eigenvalue weighted by atomic mass is 35.5. The van der Waals surface area contributed by atoms with E-state index in [2.05, 4.69) is 5.32 Å². The SMILES string of the molecule is Cc1ccc(NC(=O)C[C@@H]2CCC[C@H]2N)cc1N1C(=O)CCC1=O.Cl. The second-order valence-corrected chi connectivity index (χ2v) is 6.73. The lowest BCUT2D eigenvalue weighted by atomic mass is 10.00. The summed E-state index contributed by atoms with van der Waals surface area (Å²) in [7, 11) is 0. The molecule has 1 heterocycles. The quantitative estimate of drug-likeness (QED) is 0.802. The van der Waals surface area contributed by atoms with Crippen LogP contribution in [0, 0.1) is 12.8 Å². The molecule has 2 atom stereocenters. The van der Waals surface area contributed by atoms with E-state index in [9.17, 15) is 14.4 Å². The van der Waals surface area contributed by atoms with E-state index >= 15 is 0 Å². The van der Waals surface area contributed by atoms with Gasteiger partial charge in [-0.3, -0.25) is 19.3 Å². The van der Waals surface area contributed by atoms with Gasteiger partial charge < -0.3 is 11.1 Å². The van der Waals surface area contributed by atoms with Crippen LogP contribution in [0.5, 0.6) is 0 Å². The van der Waals surface area contributed by atoms with Gasteiger partial charge in [0.2, 0.25) is 17.7 Å². The number of anilines is 2. The predicted octanol–water partition coefficient (Wildman–Crippen LogP) is 2.53. The van der Waals surface area contributed by atoms with Gasteiger partial charge in [-0.25, -0.2) is 0 Å². The summed E-state index contributed by atoms with van der Waals surface area (Å²) in [6.07, 6.45) is 3.94. The fraction of sp³-hybridized carbons (Fsp3) is 0.500. The van der Waals surface area contributed by atoms with E-state index in [1.807, 2.05) is 13.0 Å². The zero-order chi connectivity index (χ0) is 17.3. The monoisotopic (exact) mass is 365 g/mol. The molecular formula is C18H24ClN3O3. The van der Waals surface area contributed by atoms with Crippen LogP contribution < -0.4 is 16.0 Å². The first-order chi connectivity index (χ1) is 11.5. The highest BCUT2D eigenvalue weighted by Gasteiger charge is 2.31. The van der Waals surface area contributed by atoms with E-state index in [0.717, 1.165) is 24.8 Å². The first-order valence-corrected chi connectivity index (χ1v) is 8.47. The molecule has 136 valence electrons. The summed E-state index contributed by atoms with van der Waals surface area (Å²) in [5.41, 5.74) is 7.99. The van der Waals surface area contributed by atoms with Crippen molar-refractivity contribution in [2.45, 2.75) is 51.5 Å². The summed E-state index contributed by atoms with van der Waals surface area (Å²) < 4.78 is 0. The van der Waals surface area contributed by atoms with E-state index in [0.29, 0.717) is 17.8 Å². The van der Waals surface area contributed by atoms with E-state index in [1.165, 1.54) is 4.90 Å². The molecule has 6 nitrogen and oxygen atoms in total. The largest absolute Gasteiger partial charge is 0.327 e. The first-order valence-electron chi connectivity index (χ1n) is 8.47. The number of halogens is 1. The van der Waals surface area contributed by atoms with Crippen LogP contribution in [-0.4, -0.2) is 23.8 Å². The predicted molar refractivity (Wildman–Crippen MR) is 98.7 cm³/mol. The lowest BCUT2D eigenvalue weighted by Gasteiger charge is -2.19. The minimum Gasteiger partial charge on any atom is -0.327 e. The van der Waals surface area contributed by atoms with Crippen LogP contribution in [0.15, 0.2) is 18.2 Å². The zero-order valence-electron chi connectivity index (χ0n) is 14.3. The normalized spacial score (nSPS) is 22.9. The van der Waals surface area contributed by atoms with Gasteiger partial charge >= 0.3 is 0 Å². The number of carbonyl (C=O) groups is 3. The molecular weight excluding hydrogens is 342 g/mol. The highest BCUT2D eigenvalue weighted by Crippen LogP contribution is 2.30. The van der Waals surface area contributed by atoms with Crippen molar-refractivity contribution in [1.82, 2.24) is 0 Å². The number of benzene rings is 1. The molecule has 3 N–H and O–H groups in total. The van der Waals surface area contributed by atoms with E-state index in [-0.39, 0.29) is 54.9 Å². The maximum Gasteiger partial charge on any atom is 0.234 e. The molecule has 0 spiro atoms. The highest BCUT2D eigenvalue weighted by molar-refractivity contribution is 6.20. The summed E-state index contributed by atoms with van der Waals surface area (Å²) in [6.45, 7) is 1.84. The van der Waals surface area contributed by atoms with Crippen molar-refractivity contribution in [1.29, 1.82) is 0 Å². The Morgan fingerprint density at radius 2 is 1.92 bits per heavy atom. The number of hydrogen-bond donors (Lipinski definition) is 2. The molecule has 7 heteroatoms. The van der Waals surface area contributed by atoms with Gasteiger partial charge in [0.05, 0.1) is 5.69 Å². The van der Waals surface area contributed by atoms with Crippen LogP contribution in [-0.2, 0) is 14.4 Å². The van der Waals surface area contributed by atoms with Gasteiger partial charge in [0.25, 0.3) is 0 Å². The first kappa shape index (κ1) is 19.4. The summed E-state index contributed by atoms with van der Waals surface area (Å²) in [5, 5.41) is 2.87. The Bertz CT molecular complexity index is 676. The Hall–Kier alpha value is -1.92. The van der Waals surface area contributed by atoms with Crippen molar-refractivity contribution < 1.29 is 14.4 Å². The van der Waals surface area contributed by atoms with Crippen LogP contribution in [0.1, 0.15) is 44.1 Å². The molecule has 1 saturated heterocycles. The number of nitrogens with one attached hydrogen (secondary N) is 1. The van der Waals surface area contributed by atoms with Crippen LogP contribution in [0.25, 0.3) is 0 Å². The second kappa shape index (κ2) is 7.97. The molecule has 1 aromatic rings. The lowest BCUT2D eigenvalue weighted by Crippen LogP contribution is -2.30. The summed E-state index contributed by atoms with van der Waals surface area (Å²) in [6, 6.07) is 5.40. The molecule has 0 unspecified atom stereocenters. The van der Waals surface area contributed by atoms with Gasteiger partial charge in [-0.05, 0) is 43.4 Å². The number of imide groups is 1. The van der Waals surface area contributed by atoms with Gasteiger partial charge in [-0.1, -0.05) is 12.5 Å². The maximum absolute atomic E-state index is 12.2. The summed E-state index contributed by atoms with van der Waals surface area (Å²) >= 11 is 0. The molecule has 1 aliphatic carbocycles. The van der Waals surface area contributed by atoms with Crippen LogP contribution >= 0.6 is 12.4 Å². The number of aryl methyl sites for hydroxylation is 1. The molecule has 3 amide bonds. The van der Waals surface area contributed by atoms with Crippen molar-refractivity contribution in [2.75, 3.05) is 10.2 Å². The fourth-order valence-corrected chi connectivity index (χ4v) is 3.54. The third-order valence-corrected chi connectivity index (χ3v) is 4.95. The maximum atomic E-state index is 12.2. The Kier molecular flexibility index (Phi) is 6.19. The average Bonchev–Trinajstić information content (AvgIpc) is 3.08. The Balaban J connectivity index is 0.00000225. The van der Waals surface area contributed by atoms with Crippen LogP contribution in [0.4, 0.5) is 11.4 Å². The standard InChI is InChI=1S/C18H23N3O3.ClH/c1-11-5-6-13(10-15(11)21-17(23)7-8-18(21)24)20-16(22)9-12-3-2-4-14(12)19;/h5-6,10,12,14H,2-4,7-9,19H2,1H3,(H,20,22);1H/t12-,14+;/m0./s1. The molecule has 1 aromatic carbocycles. The van der Waals surface area contributed by atoms with Crippen molar-refractivity contribution in [2.24, 2.45) is 11.7 Å². The van der Waals surface area contributed by atoms with Crippen LogP contribution in [0.3, 0.4) is 0 Å². The van der Waals surface area contributed by atoms with Crippen molar-refractivity contribution in [3.63, 3.8) is 0 Å². The van der Waals surface area contributed by atoms with Gasteiger partial charge in [0, 0.05) is 31.0 Å². The minimum atomic E-state index is -0.191. The topological polar surface area (TPSA) is 92.5 Å². The van der Waals surface area contributed by atoms with Gasteiger partial charge in [0.1, 0.15) is 0 Å². The second-order valence-electron chi connectivity index (χ2n) is 6.73. The third-order valence-electron chi connectivity index (χ3n) is 4.95. The van der Waals surface area contributed by atoms with E-state index in [1.54, 1.807) is 12.1 Å². The van der Waals surface area contributed by atoms with Gasteiger partial charge in [-0.2, -0.15) is 0 Å². The minimum absolute atomic E-state index is 0. The molecule has 2 aliphatic rings. The Morgan fingerprint density at radius 3 is 2.52 bits per heavy atom. The zero-order valence-corrected chi connectivity index (χ0v) is 15.1. The molecule has 0 aromatic heterocycles.